The van der Waals surface area contributed by atoms with Gasteiger partial charge in [0.1, 0.15) is 5.69 Å². The van der Waals surface area contributed by atoms with Crippen molar-refractivity contribution in [2.45, 2.75) is 13.0 Å². The average Bonchev–Trinajstić information content (AvgIpc) is 3.26. The number of hydrogen-bond donors (Lipinski definition) is 1. The van der Waals surface area contributed by atoms with E-state index in [4.69, 9.17) is 9.47 Å². The summed E-state index contributed by atoms with van der Waals surface area (Å²) in [6.07, 6.45) is 0.791. The maximum Gasteiger partial charge on any atom is 0.270 e. The number of H-pyrrole nitrogens is 1. The van der Waals surface area contributed by atoms with Crippen LogP contribution in [-0.2, 0) is 13.0 Å². The normalized spacial score (nSPS) is 13.2. The molecule has 0 bridgehead atoms. The zero-order valence-corrected chi connectivity index (χ0v) is 17.6. The summed E-state index contributed by atoms with van der Waals surface area (Å²) >= 11 is 0. The number of aromatic amines is 1. The van der Waals surface area contributed by atoms with E-state index < -0.39 is 0 Å². The molecule has 1 amide bonds. The van der Waals surface area contributed by atoms with Crippen LogP contribution in [0.1, 0.15) is 21.6 Å². The molecule has 0 aliphatic carbocycles. The number of methoxy groups -OCH3 is 2. The number of carbonyl (C=O) groups excluding carboxylic acids is 1. The number of benzene rings is 3. The molecule has 0 saturated carbocycles. The van der Waals surface area contributed by atoms with Crippen LogP contribution in [0.3, 0.4) is 0 Å². The highest BCUT2D eigenvalue weighted by molar-refractivity contribution is 5.99. The second-order valence-electron chi connectivity index (χ2n) is 7.80. The molecule has 0 unspecified atom stereocenters. The van der Waals surface area contributed by atoms with E-state index in [2.05, 4.69) is 29.2 Å². The molecule has 156 valence electrons. The number of ether oxygens (including phenoxy) is 2. The molecule has 0 atom stereocenters. The third kappa shape index (κ3) is 3.52. The summed E-state index contributed by atoms with van der Waals surface area (Å²) in [6.45, 7) is 1.23. The Labute approximate surface area is 181 Å². The fourth-order valence-electron chi connectivity index (χ4n) is 4.28. The van der Waals surface area contributed by atoms with Crippen LogP contribution in [0.4, 0.5) is 0 Å². The molecule has 1 aromatic heterocycles. The fraction of sp³-hybridized carbons (Fsp3) is 0.192. The van der Waals surface area contributed by atoms with Gasteiger partial charge in [0.25, 0.3) is 5.91 Å². The van der Waals surface area contributed by atoms with Crippen LogP contribution in [0.25, 0.3) is 22.0 Å². The fourth-order valence-corrected chi connectivity index (χ4v) is 4.28. The van der Waals surface area contributed by atoms with Crippen LogP contribution in [0.2, 0.25) is 0 Å². The van der Waals surface area contributed by atoms with E-state index in [1.807, 2.05) is 47.4 Å². The summed E-state index contributed by atoms with van der Waals surface area (Å²) in [6, 6.07) is 22.5. The van der Waals surface area contributed by atoms with Crippen molar-refractivity contribution in [2.75, 3.05) is 20.8 Å². The van der Waals surface area contributed by atoms with Crippen LogP contribution in [0.15, 0.2) is 66.7 Å². The molecule has 3 aromatic carbocycles. The van der Waals surface area contributed by atoms with Crippen molar-refractivity contribution in [1.82, 2.24) is 9.88 Å². The van der Waals surface area contributed by atoms with E-state index in [-0.39, 0.29) is 5.91 Å². The van der Waals surface area contributed by atoms with Crippen LogP contribution >= 0.6 is 0 Å². The van der Waals surface area contributed by atoms with Gasteiger partial charge in [0.2, 0.25) is 0 Å². The summed E-state index contributed by atoms with van der Waals surface area (Å²) in [5.74, 6) is 1.43. The zero-order valence-electron chi connectivity index (χ0n) is 17.6. The minimum Gasteiger partial charge on any atom is -0.493 e. The van der Waals surface area contributed by atoms with Crippen molar-refractivity contribution in [2.24, 2.45) is 0 Å². The topological polar surface area (TPSA) is 54.6 Å². The van der Waals surface area contributed by atoms with Gasteiger partial charge < -0.3 is 19.4 Å². The number of fused-ring (bicyclic) bond motifs is 2. The second kappa shape index (κ2) is 7.84. The monoisotopic (exact) mass is 412 g/mol. The molecular weight excluding hydrogens is 388 g/mol. The molecule has 1 aliphatic rings. The quantitative estimate of drug-likeness (QED) is 0.510. The number of rotatable bonds is 4. The molecule has 0 spiro atoms. The molecule has 0 saturated heterocycles. The molecule has 0 radical (unpaired) electrons. The van der Waals surface area contributed by atoms with Gasteiger partial charge in [0.15, 0.2) is 11.5 Å². The number of amides is 1. The van der Waals surface area contributed by atoms with Gasteiger partial charge in [-0.1, -0.05) is 36.4 Å². The summed E-state index contributed by atoms with van der Waals surface area (Å²) in [4.78, 5) is 18.4. The summed E-state index contributed by atoms with van der Waals surface area (Å²) in [5.41, 5.74) is 6.18. The maximum absolute atomic E-state index is 13.3. The average molecular weight is 412 g/mol. The number of carbonyl (C=O) groups is 1. The molecule has 5 nitrogen and oxygen atoms in total. The van der Waals surface area contributed by atoms with Gasteiger partial charge in [0, 0.05) is 24.0 Å². The Bertz CT molecular complexity index is 1260. The molecule has 2 heterocycles. The molecule has 31 heavy (non-hydrogen) atoms. The number of nitrogens with zero attached hydrogens (tertiary/aromatic N) is 1. The van der Waals surface area contributed by atoms with Crippen molar-refractivity contribution in [3.05, 3.63) is 83.6 Å². The van der Waals surface area contributed by atoms with E-state index in [1.165, 1.54) is 5.56 Å². The van der Waals surface area contributed by atoms with Crippen molar-refractivity contribution in [1.29, 1.82) is 0 Å². The van der Waals surface area contributed by atoms with Crippen molar-refractivity contribution in [3.63, 3.8) is 0 Å². The minimum atomic E-state index is 0.0119. The van der Waals surface area contributed by atoms with Gasteiger partial charge in [-0.3, -0.25) is 4.79 Å². The van der Waals surface area contributed by atoms with E-state index in [0.29, 0.717) is 24.5 Å². The highest BCUT2D eigenvalue weighted by atomic mass is 16.5. The Hall–Kier alpha value is -3.73. The Morgan fingerprint density at radius 2 is 1.61 bits per heavy atom. The summed E-state index contributed by atoms with van der Waals surface area (Å²) in [7, 11) is 3.27. The standard InChI is InChI=1S/C26H24N2O3/c1-30-24-14-19-10-11-28(16-21(19)15-25(24)31-2)26(29)23-13-20-12-18(8-9-22(20)27-23)17-6-4-3-5-7-17/h3-9,12-15,27H,10-11,16H2,1-2H3. The molecule has 1 aliphatic heterocycles. The molecule has 5 rings (SSSR count). The SMILES string of the molecule is COc1cc2c(cc1OC)CN(C(=O)c1cc3cc(-c4ccccc4)ccc3[nH]1)CC2. The van der Waals surface area contributed by atoms with Crippen molar-refractivity contribution < 1.29 is 14.3 Å². The molecule has 4 aromatic rings. The number of nitrogens with one attached hydrogen (secondary N) is 1. The van der Waals surface area contributed by atoms with Crippen molar-refractivity contribution >= 4 is 16.8 Å². The third-order valence-corrected chi connectivity index (χ3v) is 5.96. The lowest BCUT2D eigenvalue weighted by atomic mass is 9.98. The number of aromatic nitrogens is 1. The first-order chi connectivity index (χ1) is 15.2. The molecular formula is C26H24N2O3. The van der Waals surface area contributed by atoms with Gasteiger partial charge in [0.05, 0.1) is 14.2 Å². The van der Waals surface area contributed by atoms with Gasteiger partial charge >= 0.3 is 0 Å². The van der Waals surface area contributed by atoms with E-state index in [1.54, 1.807) is 14.2 Å². The maximum atomic E-state index is 13.3. The molecule has 5 heteroatoms. The van der Waals surface area contributed by atoms with Crippen LogP contribution in [0.5, 0.6) is 11.5 Å². The Kier molecular flexibility index (Phi) is 4.86. The largest absolute Gasteiger partial charge is 0.493 e. The lowest BCUT2D eigenvalue weighted by molar-refractivity contribution is 0.0729. The van der Waals surface area contributed by atoms with E-state index >= 15 is 0 Å². The highest BCUT2D eigenvalue weighted by Gasteiger charge is 2.24. The molecule has 1 N–H and O–H groups in total. The second-order valence-corrected chi connectivity index (χ2v) is 7.80. The lowest BCUT2D eigenvalue weighted by Gasteiger charge is -2.29. The van der Waals surface area contributed by atoms with Gasteiger partial charge in [-0.25, -0.2) is 0 Å². The Morgan fingerprint density at radius 3 is 2.35 bits per heavy atom. The van der Waals surface area contributed by atoms with E-state index in [9.17, 15) is 4.79 Å². The Morgan fingerprint density at radius 1 is 0.871 bits per heavy atom. The first-order valence-electron chi connectivity index (χ1n) is 10.4. The van der Waals surface area contributed by atoms with Gasteiger partial charge in [-0.15, -0.1) is 0 Å². The van der Waals surface area contributed by atoms with Gasteiger partial charge in [-0.2, -0.15) is 0 Å². The van der Waals surface area contributed by atoms with Crippen molar-refractivity contribution in [3.8, 4) is 22.6 Å². The highest BCUT2D eigenvalue weighted by Crippen LogP contribution is 2.34. The van der Waals surface area contributed by atoms with Crippen LogP contribution in [0, 0.1) is 0 Å². The number of hydrogen-bond acceptors (Lipinski definition) is 3. The smallest absolute Gasteiger partial charge is 0.270 e. The van der Waals surface area contributed by atoms with Crippen LogP contribution < -0.4 is 9.47 Å². The minimum absolute atomic E-state index is 0.0119. The Balaban J connectivity index is 1.41. The van der Waals surface area contributed by atoms with Crippen LogP contribution in [-0.4, -0.2) is 36.6 Å². The predicted molar refractivity (Wildman–Crippen MR) is 122 cm³/mol. The lowest BCUT2D eigenvalue weighted by Crippen LogP contribution is -2.36. The first kappa shape index (κ1) is 19.2. The zero-order chi connectivity index (χ0) is 21.4. The summed E-state index contributed by atoms with van der Waals surface area (Å²) in [5, 5.41) is 1.04. The third-order valence-electron chi connectivity index (χ3n) is 5.96. The van der Waals surface area contributed by atoms with E-state index in [0.717, 1.165) is 39.8 Å². The molecule has 0 fully saturated rings. The first-order valence-corrected chi connectivity index (χ1v) is 10.4. The van der Waals surface area contributed by atoms with Gasteiger partial charge in [-0.05, 0) is 59.0 Å². The summed E-state index contributed by atoms with van der Waals surface area (Å²) < 4.78 is 10.8. The predicted octanol–water partition coefficient (Wildman–Crippen LogP) is 5.05.